The van der Waals surface area contributed by atoms with Crippen molar-refractivity contribution in [3.05, 3.63) is 48.6 Å². The van der Waals surface area contributed by atoms with E-state index < -0.39 is 124 Å². The number of ether oxygens (including phenoxy) is 6. The zero-order chi connectivity index (χ0) is 59.7. The molecule has 0 aromatic rings. The third-order valence-corrected chi connectivity index (χ3v) is 15.8. The van der Waals surface area contributed by atoms with Crippen LogP contribution in [-0.4, -0.2) is 193 Å². The normalized spacial score (nSPS) is 29.9. The van der Waals surface area contributed by atoms with Gasteiger partial charge in [0.2, 0.25) is 5.91 Å². The third-order valence-electron chi connectivity index (χ3n) is 15.8. The van der Waals surface area contributed by atoms with Gasteiger partial charge in [0.25, 0.3) is 0 Å². The van der Waals surface area contributed by atoms with Gasteiger partial charge in [-0.2, -0.15) is 0 Å². The molecule has 3 heterocycles. The minimum Gasteiger partial charge on any atom is -0.394 e. The molecule has 3 aliphatic heterocycles. The molecule has 3 rings (SSSR count). The van der Waals surface area contributed by atoms with E-state index in [1.807, 2.05) is 6.08 Å². The summed E-state index contributed by atoms with van der Waals surface area (Å²) in [5.41, 5.74) is 0. The number of nitrogens with one attached hydrogen (secondary N) is 1. The van der Waals surface area contributed by atoms with E-state index in [4.69, 9.17) is 28.4 Å². The SMILES string of the molecule is CCCCCCC/C=C\CCCCCCCC(=O)NC(COC1OC(CO)C(OC2OC(CO)C(OC3OC(CO)C(O)C(O)C3O)C(O)C2O)C(O)C1O)C(O)/C=C/CC/C=C/CC/C=C/CCCCCCCCCCCCCCC. The van der Waals surface area contributed by atoms with Crippen LogP contribution in [0.1, 0.15) is 213 Å². The molecule has 0 radical (unpaired) electrons. The number of hydrogen-bond donors (Lipinski definition) is 12. The fraction of sp³-hybridized carbons (Fsp3) is 0.857. The van der Waals surface area contributed by atoms with Gasteiger partial charge in [0.05, 0.1) is 38.6 Å². The predicted molar refractivity (Wildman–Crippen MR) is 314 cm³/mol. The van der Waals surface area contributed by atoms with Crippen molar-refractivity contribution >= 4 is 5.91 Å². The number of aliphatic hydroxyl groups is 11. The van der Waals surface area contributed by atoms with Gasteiger partial charge in [-0.15, -0.1) is 0 Å². The maximum absolute atomic E-state index is 13.3. The lowest BCUT2D eigenvalue weighted by Crippen LogP contribution is -2.66. The first-order valence-corrected chi connectivity index (χ1v) is 31.9. The van der Waals surface area contributed by atoms with Crippen LogP contribution in [0.5, 0.6) is 0 Å². The van der Waals surface area contributed by atoms with Gasteiger partial charge < -0.3 is 89.9 Å². The molecule has 0 spiro atoms. The van der Waals surface area contributed by atoms with Crippen molar-refractivity contribution < 1.29 is 89.4 Å². The van der Waals surface area contributed by atoms with Crippen LogP contribution >= 0.6 is 0 Å². The molecule has 17 atom stereocenters. The maximum atomic E-state index is 13.3. The molecular weight excluding hydrogens is 1060 g/mol. The summed E-state index contributed by atoms with van der Waals surface area (Å²) in [6, 6.07) is -1.00. The Morgan fingerprint density at radius 3 is 1.22 bits per heavy atom. The van der Waals surface area contributed by atoms with Crippen molar-refractivity contribution in [2.45, 2.75) is 317 Å². The molecule has 19 heteroatoms. The van der Waals surface area contributed by atoms with Gasteiger partial charge in [0.15, 0.2) is 18.9 Å². The standard InChI is InChI=1S/C63H113NO18/c1-3-5-7-9-11-13-15-17-19-20-21-22-23-24-25-26-27-28-30-32-34-36-38-40-47(68)46(64-51(69)41-39-37-35-33-31-29-18-16-14-12-10-8-6-4-2)45-77-61-57(75)54(72)59(49(43-66)79-61)82-63-58(76)55(73)60(50(44-67)80-63)81-62-56(74)53(71)52(70)48(42-65)78-62/h16,18,25-26,30,32,38,40,46-50,52-63,65-68,70-76H,3-15,17,19-24,27-29,31,33-37,39,41-45H2,1-2H3,(H,64,69)/b18-16-,26-25+,32-30+,40-38+. The molecule has 0 aromatic heterocycles. The van der Waals surface area contributed by atoms with Crippen molar-refractivity contribution in [1.29, 1.82) is 0 Å². The highest BCUT2D eigenvalue weighted by Gasteiger charge is 2.53. The number of unbranched alkanes of at least 4 members (excludes halogenated alkanes) is 25. The summed E-state index contributed by atoms with van der Waals surface area (Å²) in [5.74, 6) is -0.300. The van der Waals surface area contributed by atoms with Crippen molar-refractivity contribution in [3.8, 4) is 0 Å². The van der Waals surface area contributed by atoms with Gasteiger partial charge in [-0.1, -0.05) is 184 Å². The number of carbonyl (C=O) groups is 1. The topological polar surface area (TPSA) is 307 Å². The van der Waals surface area contributed by atoms with E-state index in [1.54, 1.807) is 6.08 Å². The molecule has 82 heavy (non-hydrogen) atoms. The zero-order valence-electron chi connectivity index (χ0n) is 50.0. The minimum absolute atomic E-state index is 0.221. The Balaban J connectivity index is 1.50. The van der Waals surface area contributed by atoms with Gasteiger partial charge in [0, 0.05) is 6.42 Å². The number of aliphatic hydroxyl groups excluding tert-OH is 11. The van der Waals surface area contributed by atoms with Crippen LogP contribution in [0.4, 0.5) is 0 Å². The molecule has 0 saturated carbocycles. The van der Waals surface area contributed by atoms with Crippen LogP contribution in [0.2, 0.25) is 0 Å². The first-order chi connectivity index (χ1) is 39.8. The first kappa shape index (κ1) is 74.0. The van der Waals surface area contributed by atoms with E-state index in [0.29, 0.717) is 12.8 Å². The minimum atomic E-state index is -1.98. The second kappa shape index (κ2) is 46.0. The Morgan fingerprint density at radius 2 is 0.780 bits per heavy atom. The van der Waals surface area contributed by atoms with Gasteiger partial charge in [0.1, 0.15) is 73.2 Å². The number of amides is 1. The van der Waals surface area contributed by atoms with Gasteiger partial charge in [-0.25, -0.2) is 0 Å². The smallest absolute Gasteiger partial charge is 0.220 e. The molecule has 3 saturated heterocycles. The van der Waals surface area contributed by atoms with E-state index >= 15 is 0 Å². The summed E-state index contributed by atoms with van der Waals surface area (Å²) in [6.45, 7) is 1.68. The van der Waals surface area contributed by atoms with Crippen LogP contribution in [0.15, 0.2) is 48.6 Å². The van der Waals surface area contributed by atoms with Crippen molar-refractivity contribution in [3.63, 3.8) is 0 Å². The molecule has 0 aromatic carbocycles. The van der Waals surface area contributed by atoms with Crippen LogP contribution in [-0.2, 0) is 33.2 Å². The molecule has 478 valence electrons. The lowest BCUT2D eigenvalue weighted by atomic mass is 9.96. The average molecular weight is 1170 g/mol. The van der Waals surface area contributed by atoms with Gasteiger partial charge >= 0.3 is 0 Å². The molecule has 0 bridgehead atoms. The second-order valence-electron chi connectivity index (χ2n) is 22.8. The monoisotopic (exact) mass is 1170 g/mol. The largest absolute Gasteiger partial charge is 0.394 e. The maximum Gasteiger partial charge on any atom is 0.220 e. The molecule has 3 fully saturated rings. The van der Waals surface area contributed by atoms with Crippen LogP contribution in [0.3, 0.4) is 0 Å². The number of allylic oxidation sites excluding steroid dienone is 7. The molecule has 0 aliphatic carbocycles. The predicted octanol–water partition coefficient (Wildman–Crippen LogP) is 6.65. The summed E-state index contributed by atoms with van der Waals surface area (Å²) < 4.78 is 34.2. The van der Waals surface area contributed by atoms with E-state index in [9.17, 15) is 61.0 Å². The summed E-state index contributed by atoms with van der Waals surface area (Å²) in [5, 5.41) is 120. The number of carbonyl (C=O) groups excluding carboxylic acids is 1. The molecule has 3 aliphatic rings. The Morgan fingerprint density at radius 1 is 0.427 bits per heavy atom. The van der Waals surface area contributed by atoms with Gasteiger partial charge in [-0.05, 0) is 70.6 Å². The van der Waals surface area contributed by atoms with E-state index in [-0.39, 0.29) is 18.9 Å². The lowest BCUT2D eigenvalue weighted by molar-refractivity contribution is -0.379. The quantitative estimate of drug-likeness (QED) is 0.0224. The summed E-state index contributed by atoms with van der Waals surface area (Å²) in [6.07, 6.45) is 25.3. The Hall–Kier alpha value is -2.25. The summed E-state index contributed by atoms with van der Waals surface area (Å²) in [4.78, 5) is 13.3. The fourth-order valence-electron chi connectivity index (χ4n) is 10.6. The van der Waals surface area contributed by atoms with Crippen LogP contribution in [0, 0.1) is 0 Å². The molecule has 19 nitrogen and oxygen atoms in total. The average Bonchev–Trinajstić information content (AvgIpc) is 3.21. The number of rotatable bonds is 47. The molecule has 12 N–H and O–H groups in total. The molecule has 1 amide bonds. The van der Waals surface area contributed by atoms with Gasteiger partial charge in [-0.3, -0.25) is 4.79 Å². The Bertz CT molecular complexity index is 1680. The first-order valence-electron chi connectivity index (χ1n) is 31.9. The highest BCUT2D eigenvalue weighted by atomic mass is 16.8. The second-order valence-corrected chi connectivity index (χ2v) is 22.8. The highest BCUT2D eigenvalue weighted by molar-refractivity contribution is 5.76. The Kier molecular flexibility index (Phi) is 41.5. The zero-order valence-corrected chi connectivity index (χ0v) is 50.0. The molecule has 17 unspecified atom stereocenters. The Labute approximate surface area is 491 Å². The third kappa shape index (κ3) is 29.0. The fourth-order valence-corrected chi connectivity index (χ4v) is 10.6. The number of hydrogen-bond acceptors (Lipinski definition) is 18. The van der Waals surface area contributed by atoms with Crippen molar-refractivity contribution in [2.24, 2.45) is 0 Å². The van der Waals surface area contributed by atoms with E-state index in [0.717, 1.165) is 64.2 Å². The van der Waals surface area contributed by atoms with Crippen molar-refractivity contribution in [1.82, 2.24) is 5.32 Å². The molecular formula is C63H113NO18. The van der Waals surface area contributed by atoms with E-state index in [2.05, 4.69) is 55.6 Å². The van der Waals surface area contributed by atoms with Crippen molar-refractivity contribution in [2.75, 3.05) is 26.4 Å². The van der Waals surface area contributed by atoms with E-state index in [1.165, 1.54) is 116 Å². The summed E-state index contributed by atoms with van der Waals surface area (Å²) >= 11 is 0. The van der Waals surface area contributed by atoms with Crippen LogP contribution < -0.4 is 5.32 Å². The lowest BCUT2D eigenvalue weighted by Gasteiger charge is -2.48. The summed E-state index contributed by atoms with van der Waals surface area (Å²) in [7, 11) is 0. The highest BCUT2D eigenvalue weighted by Crippen LogP contribution is 2.33. The van der Waals surface area contributed by atoms with Crippen LogP contribution in [0.25, 0.3) is 0 Å².